The van der Waals surface area contributed by atoms with Gasteiger partial charge in [0.1, 0.15) is 0 Å². The molecule has 1 unspecified atom stereocenters. The lowest BCUT2D eigenvalue weighted by Gasteiger charge is -2.15. The van der Waals surface area contributed by atoms with E-state index in [9.17, 15) is 0 Å². The molecule has 2 aromatic carbocycles. The van der Waals surface area contributed by atoms with Gasteiger partial charge in [-0.15, -0.1) is 11.6 Å². The molecule has 0 heterocycles. The van der Waals surface area contributed by atoms with Crippen molar-refractivity contribution < 1.29 is 0 Å². The maximum atomic E-state index is 6.56. The zero-order chi connectivity index (χ0) is 14.2. The van der Waals surface area contributed by atoms with E-state index in [-0.39, 0.29) is 5.38 Å². The van der Waals surface area contributed by atoms with Crippen molar-refractivity contribution in [3.05, 3.63) is 68.2 Å². The van der Waals surface area contributed by atoms with Crippen LogP contribution in [0.5, 0.6) is 0 Å². The van der Waals surface area contributed by atoms with Crippen LogP contribution in [0, 0.1) is 20.8 Å². The normalized spacial score (nSPS) is 12.5. The van der Waals surface area contributed by atoms with Crippen molar-refractivity contribution in [1.82, 2.24) is 0 Å². The van der Waals surface area contributed by atoms with Gasteiger partial charge in [-0.3, -0.25) is 0 Å². The Morgan fingerprint density at radius 3 is 2.11 bits per heavy atom. The molecule has 0 nitrogen and oxygen atoms in total. The van der Waals surface area contributed by atoms with Crippen molar-refractivity contribution in [3.63, 3.8) is 0 Å². The number of aryl methyl sites for hydroxylation is 3. The molecule has 0 spiro atoms. The van der Waals surface area contributed by atoms with E-state index in [1.54, 1.807) is 0 Å². The molecule has 0 aliphatic rings. The molecule has 0 saturated heterocycles. The van der Waals surface area contributed by atoms with Crippen LogP contribution in [0.1, 0.15) is 33.2 Å². The molecule has 0 N–H and O–H groups in total. The highest BCUT2D eigenvalue weighted by Crippen LogP contribution is 2.36. The predicted octanol–water partition coefficient (Wildman–Crippen LogP) is 6.25. The third-order valence-corrected chi connectivity index (χ3v) is 4.28. The summed E-state index contributed by atoms with van der Waals surface area (Å²) < 4.78 is 0. The first-order valence-electron chi connectivity index (χ1n) is 6.06. The second-order valence-corrected chi connectivity index (χ2v) is 6.16. The van der Waals surface area contributed by atoms with Crippen LogP contribution in [0.4, 0.5) is 0 Å². The van der Waals surface area contributed by atoms with Crippen LogP contribution in [-0.2, 0) is 0 Å². The Morgan fingerprint density at radius 2 is 1.47 bits per heavy atom. The van der Waals surface area contributed by atoms with Gasteiger partial charge in [0.05, 0.1) is 5.38 Å². The van der Waals surface area contributed by atoms with Gasteiger partial charge in [0.2, 0.25) is 0 Å². The number of hydrogen-bond acceptors (Lipinski definition) is 0. The molecule has 3 heteroatoms. The van der Waals surface area contributed by atoms with Gasteiger partial charge in [-0.1, -0.05) is 35.3 Å². The summed E-state index contributed by atoms with van der Waals surface area (Å²) in [7, 11) is 0. The van der Waals surface area contributed by atoms with Gasteiger partial charge < -0.3 is 0 Å². The minimum Gasteiger partial charge on any atom is -0.113 e. The topological polar surface area (TPSA) is 0 Å². The zero-order valence-corrected chi connectivity index (χ0v) is 13.4. The van der Waals surface area contributed by atoms with Gasteiger partial charge in [-0.25, -0.2) is 0 Å². The van der Waals surface area contributed by atoms with Crippen molar-refractivity contribution >= 4 is 34.8 Å². The summed E-state index contributed by atoms with van der Waals surface area (Å²) in [6.07, 6.45) is 0. The fourth-order valence-electron chi connectivity index (χ4n) is 2.09. The van der Waals surface area contributed by atoms with Crippen LogP contribution in [0.2, 0.25) is 10.0 Å². The quantitative estimate of drug-likeness (QED) is 0.575. The molecule has 0 amide bonds. The second kappa shape index (κ2) is 5.75. The fourth-order valence-corrected chi connectivity index (χ4v) is 3.08. The molecule has 0 aliphatic heterocycles. The van der Waals surface area contributed by atoms with Crippen LogP contribution in [-0.4, -0.2) is 0 Å². The maximum Gasteiger partial charge on any atom is 0.0850 e. The lowest BCUT2D eigenvalue weighted by Crippen LogP contribution is -1.97. The van der Waals surface area contributed by atoms with Crippen LogP contribution in [0.15, 0.2) is 30.3 Å². The Morgan fingerprint density at radius 1 is 0.842 bits per heavy atom. The summed E-state index contributed by atoms with van der Waals surface area (Å²) in [5.41, 5.74) is 5.33. The smallest absolute Gasteiger partial charge is 0.0850 e. The molecule has 0 radical (unpaired) electrons. The zero-order valence-electron chi connectivity index (χ0n) is 11.1. The van der Waals surface area contributed by atoms with E-state index in [1.807, 2.05) is 44.2 Å². The number of benzene rings is 2. The van der Waals surface area contributed by atoms with Crippen LogP contribution < -0.4 is 0 Å². The first-order valence-corrected chi connectivity index (χ1v) is 7.25. The second-order valence-electron chi connectivity index (χ2n) is 4.88. The van der Waals surface area contributed by atoms with Gasteiger partial charge in [0.15, 0.2) is 0 Å². The third kappa shape index (κ3) is 3.25. The third-order valence-electron chi connectivity index (χ3n) is 3.24. The minimum absolute atomic E-state index is 0.288. The Bertz CT molecular complexity index is 597. The number of alkyl halides is 1. The Labute approximate surface area is 129 Å². The molecule has 0 saturated carbocycles. The number of rotatable bonds is 2. The van der Waals surface area contributed by atoms with E-state index in [1.165, 1.54) is 11.1 Å². The average molecular weight is 314 g/mol. The molecular weight excluding hydrogens is 299 g/mol. The standard InChI is InChI=1S/C16H15Cl3/c1-9-4-12(8-13(17)5-9)16(19)14-6-10(2)11(3)7-15(14)18/h4-8,16H,1-3H3. The van der Waals surface area contributed by atoms with Crippen LogP contribution >= 0.6 is 34.8 Å². The fraction of sp³-hybridized carbons (Fsp3) is 0.250. The molecule has 2 aromatic rings. The van der Waals surface area contributed by atoms with E-state index in [0.29, 0.717) is 10.0 Å². The van der Waals surface area contributed by atoms with Gasteiger partial charge >= 0.3 is 0 Å². The average Bonchev–Trinajstić information content (AvgIpc) is 2.31. The molecule has 0 aliphatic carbocycles. The molecule has 0 aromatic heterocycles. The highest BCUT2D eigenvalue weighted by molar-refractivity contribution is 6.33. The molecule has 0 fully saturated rings. The largest absolute Gasteiger partial charge is 0.113 e. The van der Waals surface area contributed by atoms with E-state index >= 15 is 0 Å². The monoisotopic (exact) mass is 312 g/mol. The SMILES string of the molecule is Cc1cc(Cl)cc(C(Cl)c2cc(C)c(C)cc2Cl)c1. The van der Waals surface area contributed by atoms with E-state index in [2.05, 4.69) is 6.92 Å². The number of halogens is 3. The first kappa shape index (κ1) is 14.7. The maximum absolute atomic E-state index is 6.56. The summed E-state index contributed by atoms with van der Waals surface area (Å²) in [5, 5.41) is 1.10. The summed E-state index contributed by atoms with van der Waals surface area (Å²) in [6, 6.07) is 9.84. The first-order chi connectivity index (χ1) is 8.88. The lowest BCUT2D eigenvalue weighted by atomic mass is 9.99. The van der Waals surface area contributed by atoms with Crippen molar-refractivity contribution in [3.8, 4) is 0 Å². The molecular formula is C16H15Cl3. The van der Waals surface area contributed by atoms with E-state index in [0.717, 1.165) is 16.7 Å². The van der Waals surface area contributed by atoms with Crippen LogP contribution in [0.3, 0.4) is 0 Å². The summed E-state index contributed by atoms with van der Waals surface area (Å²) in [5.74, 6) is 0. The predicted molar refractivity (Wildman–Crippen MR) is 84.8 cm³/mol. The minimum atomic E-state index is -0.288. The van der Waals surface area contributed by atoms with Gasteiger partial charge in [0, 0.05) is 10.0 Å². The van der Waals surface area contributed by atoms with Crippen molar-refractivity contribution in [1.29, 1.82) is 0 Å². The highest BCUT2D eigenvalue weighted by Gasteiger charge is 2.16. The Hall–Kier alpha value is -0.690. The highest BCUT2D eigenvalue weighted by atomic mass is 35.5. The van der Waals surface area contributed by atoms with Gasteiger partial charge in [-0.2, -0.15) is 0 Å². The summed E-state index contributed by atoms with van der Waals surface area (Å²) in [4.78, 5) is 0. The lowest BCUT2D eigenvalue weighted by molar-refractivity contribution is 1.12. The molecule has 19 heavy (non-hydrogen) atoms. The summed E-state index contributed by atoms with van der Waals surface area (Å²) in [6.45, 7) is 6.10. The van der Waals surface area contributed by atoms with E-state index in [4.69, 9.17) is 34.8 Å². The Kier molecular flexibility index (Phi) is 4.45. The van der Waals surface area contributed by atoms with Gasteiger partial charge in [0.25, 0.3) is 0 Å². The summed E-state index contributed by atoms with van der Waals surface area (Å²) >= 11 is 19.0. The number of hydrogen-bond donors (Lipinski definition) is 0. The molecule has 2 rings (SSSR count). The molecule has 1 atom stereocenters. The molecule has 100 valence electrons. The molecule has 0 bridgehead atoms. The van der Waals surface area contributed by atoms with Gasteiger partial charge in [-0.05, 0) is 66.8 Å². The van der Waals surface area contributed by atoms with Crippen molar-refractivity contribution in [2.75, 3.05) is 0 Å². The van der Waals surface area contributed by atoms with Crippen LogP contribution in [0.25, 0.3) is 0 Å². The van der Waals surface area contributed by atoms with E-state index < -0.39 is 0 Å². The van der Waals surface area contributed by atoms with Crippen molar-refractivity contribution in [2.45, 2.75) is 26.1 Å². The van der Waals surface area contributed by atoms with Crippen molar-refractivity contribution in [2.24, 2.45) is 0 Å². The Balaban J connectivity index is 2.49.